The smallest absolute Gasteiger partial charge is 0.0383 e. The summed E-state index contributed by atoms with van der Waals surface area (Å²) < 4.78 is 1.28. The molecule has 0 saturated heterocycles. The Hall–Kier alpha value is -0.390. The standard InChI is InChI=1S/C13H14INS/c1-9(15-2)12-6-7-13(16-12)10-4-3-5-11(14)8-10/h3-9,15H,1-2H3. The van der Waals surface area contributed by atoms with E-state index in [1.54, 1.807) is 0 Å². The van der Waals surface area contributed by atoms with Gasteiger partial charge < -0.3 is 5.32 Å². The van der Waals surface area contributed by atoms with Crippen molar-refractivity contribution in [1.82, 2.24) is 5.32 Å². The SMILES string of the molecule is CNC(C)c1ccc(-c2cccc(I)c2)s1. The zero-order chi connectivity index (χ0) is 11.5. The first-order valence-corrected chi connectivity index (χ1v) is 7.13. The topological polar surface area (TPSA) is 12.0 Å². The maximum absolute atomic E-state index is 3.27. The second kappa shape index (κ2) is 5.29. The second-order valence-corrected chi connectivity index (χ2v) is 6.08. The molecule has 2 aromatic rings. The monoisotopic (exact) mass is 343 g/mol. The lowest BCUT2D eigenvalue weighted by Crippen LogP contribution is -2.10. The van der Waals surface area contributed by atoms with Crippen molar-refractivity contribution in [2.24, 2.45) is 0 Å². The normalized spacial score (nSPS) is 12.7. The van der Waals surface area contributed by atoms with Gasteiger partial charge in [-0.15, -0.1) is 11.3 Å². The van der Waals surface area contributed by atoms with Crippen LogP contribution in [0.4, 0.5) is 0 Å². The summed E-state index contributed by atoms with van der Waals surface area (Å²) in [6.07, 6.45) is 0. The summed E-state index contributed by atoms with van der Waals surface area (Å²) >= 11 is 4.21. The van der Waals surface area contributed by atoms with Gasteiger partial charge in [-0.3, -0.25) is 0 Å². The maximum atomic E-state index is 3.27. The molecule has 2 rings (SSSR count). The van der Waals surface area contributed by atoms with E-state index in [0.717, 1.165) is 0 Å². The molecule has 1 N–H and O–H groups in total. The molecule has 1 unspecified atom stereocenters. The van der Waals surface area contributed by atoms with E-state index in [-0.39, 0.29) is 0 Å². The Bertz CT molecular complexity index is 478. The molecular formula is C13H14INS. The fourth-order valence-electron chi connectivity index (χ4n) is 1.52. The van der Waals surface area contributed by atoms with Crippen LogP contribution < -0.4 is 5.32 Å². The summed E-state index contributed by atoms with van der Waals surface area (Å²) in [7, 11) is 2.00. The van der Waals surface area contributed by atoms with Gasteiger partial charge in [0, 0.05) is 19.4 Å². The Kier molecular flexibility index (Phi) is 4.00. The van der Waals surface area contributed by atoms with Crippen LogP contribution in [0, 0.1) is 3.57 Å². The van der Waals surface area contributed by atoms with Crippen molar-refractivity contribution in [3.05, 3.63) is 44.8 Å². The third kappa shape index (κ3) is 2.64. The van der Waals surface area contributed by atoms with Crippen molar-refractivity contribution >= 4 is 33.9 Å². The predicted octanol–water partition coefficient (Wildman–Crippen LogP) is 4.30. The van der Waals surface area contributed by atoms with E-state index in [0.29, 0.717) is 6.04 Å². The summed E-state index contributed by atoms with van der Waals surface area (Å²) in [6, 6.07) is 13.5. The number of rotatable bonds is 3. The molecule has 0 aliphatic rings. The Morgan fingerprint density at radius 1 is 1.25 bits per heavy atom. The lowest BCUT2D eigenvalue weighted by atomic mass is 10.2. The van der Waals surface area contributed by atoms with Gasteiger partial charge in [0.25, 0.3) is 0 Å². The van der Waals surface area contributed by atoms with Crippen molar-refractivity contribution in [3.8, 4) is 10.4 Å². The number of nitrogens with one attached hydrogen (secondary N) is 1. The zero-order valence-electron chi connectivity index (χ0n) is 9.33. The Morgan fingerprint density at radius 2 is 2.06 bits per heavy atom. The molecule has 0 spiro atoms. The molecule has 1 aromatic carbocycles. The van der Waals surface area contributed by atoms with Crippen molar-refractivity contribution in [3.63, 3.8) is 0 Å². The van der Waals surface area contributed by atoms with Gasteiger partial charge in [-0.2, -0.15) is 0 Å². The highest BCUT2D eigenvalue weighted by atomic mass is 127. The molecule has 0 aliphatic heterocycles. The summed E-state index contributed by atoms with van der Waals surface area (Å²) in [5.41, 5.74) is 1.31. The second-order valence-electron chi connectivity index (χ2n) is 3.72. The van der Waals surface area contributed by atoms with Crippen LogP contribution in [0.5, 0.6) is 0 Å². The van der Waals surface area contributed by atoms with Gasteiger partial charge in [0.2, 0.25) is 0 Å². The summed E-state index contributed by atoms with van der Waals surface area (Å²) in [4.78, 5) is 2.73. The van der Waals surface area contributed by atoms with E-state index in [2.05, 4.69) is 71.2 Å². The van der Waals surface area contributed by atoms with Crippen molar-refractivity contribution in [2.75, 3.05) is 7.05 Å². The van der Waals surface area contributed by atoms with Gasteiger partial charge in [0.05, 0.1) is 0 Å². The molecule has 0 aliphatic carbocycles. The van der Waals surface area contributed by atoms with E-state index in [4.69, 9.17) is 0 Å². The first kappa shape index (κ1) is 12.1. The van der Waals surface area contributed by atoms with Crippen LogP contribution in [0.25, 0.3) is 10.4 Å². The number of thiophene rings is 1. The molecule has 1 heterocycles. The van der Waals surface area contributed by atoms with Crippen molar-refractivity contribution in [2.45, 2.75) is 13.0 Å². The van der Waals surface area contributed by atoms with Gasteiger partial charge in [0.15, 0.2) is 0 Å². The highest BCUT2D eigenvalue weighted by Gasteiger charge is 2.07. The van der Waals surface area contributed by atoms with Gasteiger partial charge in [-0.25, -0.2) is 0 Å². The Balaban J connectivity index is 2.31. The molecule has 1 atom stereocenters. The number of hydrogen-bond acceptors (Lipinski definition) is 2. The first-order chi connectivity index (χ1) is 7.70. The third-order valence-corrected chi connectivity index (χ3v) is 4.58. The fourth-order valence-corrected chi connectivity index (χ4v) is 3.13. The molecule has 3 heteroatoms. The average molecular weight is 343 g/mol. The van der Waals surface area contributed by atoms with Crippen LogP contribution in [0.2, 0.25) is 0 Å². The van der Waals surface area contributed by atoms with Crippen LogP contribution in [-0.4, -0.2) is 7.05 Å². The van der Waals surface area contributed by atoms with E-state index in [9.17, 15) is 0 Å². The fraction of sp³-hybridized carbons (Fsp3) is 0.231. The van der Waals surface area contributed by atoms with Crippen LogP contribution in [-0.2, 0) is 0 Å². The van der Waals surface area contributed by atoms with Gasteiger partial charge in [-0.1, -0.05) is 12.1 Å². The zero-order valence-corrected chi connectivity index (χ0v) is 12.3. The predicted molar refractivity (Wildman–Crippen MR) is 79.9 cm³/mol. The summed E-state index contributed by atoms with van der Waals surface area (Å²) in [6.45, 7) is 2.18. The minimum absolute atomic E-state index is 0.432. The van der Waals surface area contributed by atoms with Crippen LogP contribution in [0.1, 0.15) is 17.8 Å². The minimum atomic E-state index is 0.432. The van der Waals surface area contributed by atoms with E-state index >= 15 is 0 Å². The van der Waals surface area contributed by atoms with E-state index < -0.39 is 0 Å². The Labute approximate surface area is 114 Å². The minimum Gasteiger partial charge on any atom is -0.313 e. The van der Waals surface area contributed by atoms with Crippen LogP contribution in [0.15, 0.2) is 36.4 Å². The molecular weight excluding hydrogens is 329 g/mol. The molecule has 1 aromatic heterocycles. The molecule has 0 fully saturated rings. The quantitative estimate of drug-likeness (QED) is 0.820. The number of hydrogen-bond donors (Lipinski definition) is 1. The number of halogens is 1. The summed E-state index contributed by atoms with van der Waals surface area (Å²) in [5.74, 6) is 0. The molecule has 0 radical (unpaired) electrons. The lowest BCUT2D eigenvalue weighted by molar-refractivity contribution is 0.664. The average Bonchev–Trinajstić information content (AvgIpc) is 2.77. The van der Waals surface area contributed by atoms with Gasteiger partial charge in [-0.05, 0) is 66.4 Å². The molecule has 84 valence electrons. The van der Waals surface area contributed by atoms with Crippen molar-refractivity contribution < 1.29 is 0 Å². The highest BCUT2D eigenvalue weighted by Crippen LogP contribution is 2.31. The third-order valence-electron chi connectivity index (χ3n) is 2.60. The Morgan fingerprint density at radius 3 is 2.75 bits per heavy atom. The molecule has 0 bridgehead atoms. The molecule has 16 heavy (non-hydrogen) atoms. The molecule has 0 saturated carbocycles. The van der Waals surface area contributed by atoms with Gasteiger partial charge in [0.1, 0.15) is 0 Å². The van der Waals surface area contributed by atoms with Crippen molar-refractivity contribution in [1.29, 1.82) is 0 Å². The van der Waals surface area contributed by atoms with Crippen LogP contribution >= 0.6 is 33.9 Å². The molecule has 0 amide bonds. The number of benzene rings is 1. The largest absolute Gasteiger partial charge is 0.313 e. The van der Waals surface area contributed by atoms with E-state index in [1.165, 1.54) is 18.9 Å². The van der Waals surface area contributed by atoms with Gasteiger partial charge >= 0.3 is 0 Å². The maximum Gasteiger partial charge on any atom is 0.0383 e. The molecule has 1 nitrogen and oxygen atoms in total. The first-order valence-electron chi connectivity index (χ1n) is 5.23. The lowest BCUT2D eigenvalue weighted by Gasteiger charge is -2.05. The summed E-state index contributed by atoms with van der Waals surface area (Å²) in [5, 5.41) is 3.27. The van der Waals surface area contributed by atoms with E-state index in [1.807, 2.05) is 18.4 Å². The highest BCUT2D eigenvalue weighted by molar-refractivity contribution is 14.1. The van der Waals surface area contributed by atoms with Crippen LogP contribution in [0.3, 0.4) is 0 Å².